The van der Waals surface area contributed by atoms with E-state index in [0.717, 1.165) is 52.9 Å². The molecule has 0 aliphatic carbocycles. The second-order valence-electron chi connectivity index (χ2n) is 25.7. The van der Waals surface area contributed by atoms with Gasteiger partial charge in [-0.15, -0.1) is 0 Å². The van der Waals surface area contributed by atoms with Gasteiger partial charge in [-0.1, -0.05) is 225 Å². The van der Waals surface area contributed by atoms with E-state index < -0.39 is 0 Å². The Hall–Kier alpha value is -6.90. The average Bonchev–Trinajstić information content (AvgIpc) is 3.34. The summed E-state index contributed by atoms with van der Waals surface area (Å²) in [5.41, 5.74) is 17.4. The van der Waals surface area contributed by atoms with E-state index in [-0.39, 0.29) is 21.7 Å². The zero-order chi connectivity index (χ0) is 53.2. The third kappa shape index (κ3) is 12.7. The first kappa shape index (κ1) is 53.4. The number of hydrogen-bond acceptors (Lipinski definition) is 2. The van der Waals surface area contributed by atoms with E-state index in [9.17, 15) is 0 Å². The van der Waals surface area contributed by atoms with Crippen molar-refractivity contribution in [3.05, 3.63) is 216 Å². The van der Waals surface area contributed by atoms with Crippen molar-refractivity contribution in [3.8, 4) is 22.3 Å². The second kappa shape index (κ2) is 21.5. The van der Waals surface area contributed by atoms with E-state index in [1.807, 2.05) is 0 Å². The lowest BCUT2D eigenvalue weighted by atomic mass is 9.85. The van der Waals surface area contributed by atoms with E-state index in [4.69, 9.17) is 0 Å². The quantitative estimate of drug-likeness (QED) is 0.126. The van der Waals surface area contributed by atoms with Gasteiger partial charge in [-0.05, 0) is 179 Å². The van der Waals surface area contributed by atoms with Gasteiger partial charge in [0.1, 0.15) is 0 Å². The fourth-order valence-corrected chi connectivity index (χ4v) is 10.2. The van der Waals surface area contributed by atoms with Crippen molar-refractivity contribution in [2.45, 2.75) is 128 Å². The van der Waals surface area contributed by atoms with Gasteiger partial charge in [0.05, 0.1) is 0 Å². The lowest BCUT2D eigenvalue weighted by Crippen LogP contribution is -2.14. The van der Waals surface area contributed by atoms with Crippen LogP contribution in [0, 0.1) is 16.7 Å². The maximum atomic E-state index is 2.44. The van der Waals surface area contributed by atoms with Crippen LogP contribution in [0.4, 0.5) is 34.1 Å². The van der Waals surface area contributed by atoms with Crippen molar-refractivity contribution >= 4 is 55.7 Å². The maximum Gasteiger partial charge on any atom is 0.0468 e. The van der Waals surface area contributed by atoms with Crippen LogP contribution in [-0.2, 0) is 23.7 Å². The molecule has 0 atom stereocenters. The highest BCUT2D eigenvalue weighted by molar-refractivity contribution is 6.22. The van der Waals surface area contributed by atoms with Crippen LogP contribution in [0.3, 0.4) is 0 Å². The van der Waals surface area contributed by atoms with E-state index >= 15 is 0 Å². The van der Waals surface area contributed by atoms with Crippen LogP contribution in [0.2, 0.25) is 0 Å². The third-order valence-corrected chi connectivity index (χ3v) is 13.6. The number of fused-ring (bicyclic) bond motifs is 2. The second-order valence-corrected chi connectivity index (χ2v) is 25.7. The predicted octanol–water partition coefficient (Wildman–Crippen LogP) is 21.7. The van der Waals surface area contributed by atoms with Gasteiger partial charge >= 0.3 is 0 Å². The molecule has 0 saturated carbocycles. The van der Waals surface area contributed by atoms with E-state index in [2.05, 4.69) is 308 Å². The monoisotopic (exact) mass is 975 g/mol. The zero-order valence-corrected chi connectivity index (χ0v) is 47.4. The van der Waals surface area contributed by atoms with Crippen LogP contribution in [0.1, 0.15) is 126 Å². The molecule has 9 rings (SSSR count). The smallest absolute Gasteiger partial charge is 0.0468 e. The minimum absolute atomic E-state index is 0.0465. The molecule has 0 radical (unpaired) electrons. The lowest BCUT2D eigenvalue weighted by molar-refractivity contribution is 0.411. The van der Waals surface area contributed by atoms with Crippen molar-refractivity contribution in [2.75, 3.05) is 9.80 Å². The van der Waals surface area contributed by atoms with Crippen LogP contribution >= 0.6 is 0 Å². The molecular weight excluding hydrogens is 893 g/mol. The Morgan fingerprint density at radius 2 is 0.581 bits per heavy atom. The zero-order valence-electron chi connectivity index (χ0n) is 47.4. The van der Waals surface area contributed by atoms with Crippen LogP contribution in [0.25, 0.3) is 43.8 Å². The van der Waals surface area contributed by atoms with Crippen molar-refractivity contribution in [1.29, 1.82) is 0 Å². The SMILES string of the molecule is CC(C)(C)Cc1ccc(N(c2ccc(C(C)(C)C)cc2)c2ccc3c(-c4ccccc4)c4cc(N(c5ccc(CC(C)(C)C)cc5)c5ccc(C(C)(C)C)cc5)ccc4c(-c4ccccc4)c3c2)cc1.CC(C)C. The van der Waals surface area contributed by atoms with Gasteiger partial charge in [0.15, 0.2) is 0 Å². The molecule has 0 saturated heterocycles. The Morgan fingerprint density at radius 1 is 0.311 bits per heavy atom. The molecule has 0 spiro atoms. The molecule has 0 N–H and O–H groups in total. The molecule has 0 bridgehead atoms. The van der Waals surface area contributed by atoms with Gasteiger partial charge in [0.25, 0.3) is 0 Å². The summed E-state index contributed by atoms with van der Waals surface area (Å²) in [6, 6.07) is 73.2. The highest BCUT2D eigenvalue weighted by Crippen LogP contribution is 2.49. The van der Waals surface area contributed by atoms with E-state index in [1.165, 1.54) is 66.1 Å². The minimum atomic E-state index is 0.0465. The Balaban J connectivity index is 0.00000176. The third-order valence-electron chi connectivity index (χ3n) is 13.6. The first-order valence-corrected chi connectivity index (χ1v) is 27.1. The summed E-state index contributed by atoms with van der Waals surface area (Å²) in [7, 11) is 0. The van der Waals surface area contributed by atoms with Crippen LogP contribution in [-0.4, -0.2) is 0 Å². The molecule has 0 amide bonds. The van der Waals surface area contributed by atoms with E-state index in [1.54, 1.807) is 0 Å². The Morgan fingerprint density at radius 3 is 0.851 bits per heavy atom. The fourth-order valence-electron chi connectivity index (χ4n) is 10.2. The fraction of sp³-hybridized carbons (Fsp3) is 0.306. The molecule has 9 aromatic rings. The lowest BCUT2D eigenvalue weighted by Gasteiger charge is -2.29. The number of nitrogens with zero attached hydrogens (tertiary/aromatic N) is 2. The highest BCUT2D eigenvalue weighted by Gasteiger charge is 2.24. The van der Waals surface area contributed by atoms with Crippen molar-refractivity contribution in [1.82, 2.24) is 0 Å². The first-order valence-electron chi connectivity index (χ1n) is 27.1. The van der Waals surface area contributed by atoms with E-state index in [0.29, 0.717) is 0 Å². The molecule has 0 unspecified atom stereocenters. The van der Waals surface area contributed by atoms with Crippen molar-refractivity contribution in [3.63, 3.8) is 0 Å². The van der Waals surface area contributed by atoms with Gasteiger partial charge in [0, 0.05) is 34.1 Å². The average molecular weight is 975 g/mol. The van der Waals surface area contributed by atoms with Crippen LogP contribution in [0.5, 0.6) is 0 Å². The number of anilines is 6. The van der Waals surface area contributed by atoms with Gasteiger partial charge in [-0.3, -0.25) is 0 Å². The Labute approximate surface area is 446 Å². The topological polar surface area (TPSA) is 6.48 Å². The maximum absolute atomic E-state index is 2.44. The van der Waals surface area contributed by atoms with Crippen molar-refractivity contribution < 1.29 is 0 Å². The molecular formula is C72H82N2. The van der Waals surface area contributed by atoms with Crippen molar-refractivity contribution in [2.24, 2.45) is 16.7 Å². The highest BCUT2D eigenvalue weighted by atomic mass is 15.1. The first-order chi connectivity index (χ1) is 34.9. The Bertz CT molecular complexity index is 3050. The van der Waals surface area contributed by atoms with Gasteiger partial charge < -0.3 is 9.80 Å². The molecule has 0 aliphatic rings. The van der Waals surface area contributed by atoms with Crippen LogP contribution in [0.15, 0.2) is 194 Å². The largest absolute Gasteiger partial charge is 0.310 e. The summed E-state index contributed by atoms with van der Waals surface area (Å²) < 4.78 is 0. The predicted molar refractivity (Wildman–Crippen MR) is 326 cm³/mol. The normalized spacial score (nSPS) is 12.2. The molecule has 0 aliphatic heterocycles. The molecule has 2 heteroatoms. The number of benzene rings is 9. The Kier molecular flexibility index (Phi) is 15.5. The van der Waals surface area contributed by atoms with Gasteiger partial charge in [0.2, 0.25) is 0 Å². The molecule has 2 nitrogen and oxygen atoms in total. The summed E-state index contributed by atoms with van der Waals surface area (Å²) >= 11 is 0. The number of rotatable bonds is 10. The van der Waals surface area contributed by atoms with Gasteiger partial charge in [-0.25, -0.2) is 0 Å². The minimum Gasteiger partial charge on any atom is -0.310 e. The summed E-state index contributed by atoms with van der Waals surface area (Å²) in [4.78, 5) is 4.87. The standard InChI is InChI=1S/C68H72N2.C4H10/c1-65(2,3)45-47-23-31-53(32-24-47)69(55-35-27-51(28-36-55)67(7,8)9)57-39-41-59-61(43-57)63(49-19-15-13-16-20-49)60-42-40-58(44-62(60)64(59)50-21-17-14-18-22-50)70(56-37-29-52(30-38-56)68(10,11)12)54-33-25-48(26-34-54)46-66(4,5)6;1-4(2)3/h13-44H,45-46H2,1-12H3;4H,1-3H3. The summed E-state index contributed by atoms with van der Waals surface area (Å²) in [5.74, 6) is 0.833. The molecule has 0 aromatic heterocycles. The molecule has 0 fully saturated rings. The molecule has 9 aromatic carbocycles. The number of hydrogen-bond donors (Lipinski definition) is 0. The summed E-state index contributed by atoms with van der Waals surface area (Å²) in [5, 5.41) is 4.87. The summed E-state index contributed by atoms with van der Waals surface area (Å²) in [6.45, 7) is 34.1. The van der Waals surface area contributed by atoms with Crippen LogP contribution < -0.4 is 9.80 Å². The van der Waals surface area contributed by atoms with Gasteiger partial charge in [-0.2, -0.15) is 0 Å². The molecule has 0 heterocycles. The molecule has 74 heavy (non-hydrogen) atoms. The summed E-state index contributed by atoms with van der Waals surface area (Å²) in [6.07, 6.45) is 2.04. The molecule has 380 valence electrons.